The lowest BCUT2D eigenvalue weighted by Gasteiger charge is -2.05. The molecular formula is C14H19NO3S. The van der Waals surface area contributed by atoms with E-state index < -0.39 is 11.9 Å². The monoisotopic (exact) mass is 281 g/mol. The average Bonchev–Trinajstić information content (AvgIpc) is 2.38. The van der Waals surface area contributed by atoms with Crippen LogP contribution in [-0.2, 0) is 4.79 Å². The zero-order valence-electron chi connectivity index (χ0n) is 11.0. The topological polar surface area (TPSA) is 80.4 Å². The van der Waals surface area contributed by atoms with Crippen molar-refractivity contribution in [2.75, 3.05) is 5.75 Å². The summed E-state index contributed by atoms with van der Waals surface area (Å²) < 4.78 is 0. The Morgan fingerprint density at radius 3 is 2.42 bits per heavy atom. The van der Waals surface area contributed by atoms with Gasteiger partial charge in [-0.15, -0.1) is 11.8 Å². The molecule has 1 aromatic carbocycles. The van der Waals surface area contributed by atoms with E-state index in [0.29, 0.717) is 5.56 Å². The number of carbonyl (C=O) groups is 2. The van der Waals surface area contributed by atoms with E-state index in [0.717, 1.165) is 29.9 Å². The van der Waals surface area contributed by atoms with Crippen LogP contribution in [0.15, 0.2) is 29.2 Å². The molecule has 3 N–H and O–H groups in total. The van der Waals surface area contributed by atoms with Gasteiger partial charge in [0, 0.05) is 10.5 Å². The maximum Gasteiger partial charge on any atom is 0.306 e. The van der Waals surface area contributed by atoms with Gasteiger partial charge in [0.1, 0.15) is 0 Å². The number of unbranched alkanes of at least 4 members (excludes halogenated alkanes) is 1. The van der Waals surface area contributed by atoms with Crippen LogP contribution >= 0.6 is 11.8 Å². The lowest BCUT2D eigenvalue weighted by Crippen LogP contribution is -2.10. The molecule has 0 aliphatic heterocycles. The van der Waals surface area contributed by atoms with Gasteiger partial charge in [0.05, 0.1) is 5.92 Å². The highest BCUT2D eigenvalue weighted by atomic mass is 32.2. The minimum atomic E-state index is -0.727. The van der Waals surface area contributed by atoms with Crippen LogP contribution in [0.2, 0.25) is 0 Å². The fourth-order valence-electron chi connectivity index (χ4n) is 1.58. The summed E-state index contributed by atoms with van der Waals surface area (Å²) in [6.07, 6.45) is 2.62. The number of hydrogen-bond donors (Lipinski definition) is 2. The standard InChI is InChI=1S/C14H19NO3S/c1-10(14(17)18)4-2-3-9-19-12-7-5-11(6-8-12)13(15)16/h5-8,10H,2-4,9H2,1H3,(H2,15,16)(H,17,18). The Bertz CT molecular complexity index is 431. The van der Waals surface area contributed by atoms with Crippen molar-refractivity contribution >= 4 is 23.6 Å². The number of thioether (sulfide) groups is 1. The normalized spacial score (nSPS) is 12.1. The van der Waals surface area contributed by atoms with Crippen molar-refractivity contribution in [3.05, 3.63) is 29.8 Å². The first-order valence-electron chi connectivity index (χ1n) is 6.26. The lowest BCUT2D eigenvalue weighted by molar-refractivity contribution is -0.141. The molecule has 1 atom stereocenters. The first-order chi connectivity index (χ1) is 9.00. The Hall–Kier alpha value is -1.49. The van der Waals surface area contributed by atoms with Crippen LogP contribution in [0, 0.1) is 5.92 Å². The van der Waals surface area contributed by atoms with Crippen molar-refractivity contribution in [2.45, 2.75) is 31.1 Å². The Labute approximate surface area is 117 Å². The molecule has 0 aliphatic carbocycles. The minimum absolute atomic E-state index is 0.264. The Morgan fingerprint density at radius 1 is 1.26 bits per heavy atom. The second-order valence-electron chi connectivity index (χ2n) is 4.47. The first kappa shape index (κ1) is 15.6. The molecule has 0 radical (unpaired) electrons. The zero-order chi connectivity index (χ0) is 14.3. The second-order valence-corrected chi connectivity index (χ2v) is 5.64. The molecule has 0 aliphatic rings. The van der Waals surface area contributed by atoms with Crippen LogP contribution in [0.25, 0.3) is 0 Å². The van der Waals surface area contributed by atoms with Crippen LogP contribution in [0.5, 0.6) is 0 Å². The molecule has 0 aromatic heterocycles. The average molecular weight is 281 g/mol. The van der Waals surface area contributed by atoms with Gasteiger partial charge in [-0.25, -0.2) is 0 Å². The second kappa shape index (κ2) is 7.84. The lowest BCUT2D eigenvalue weighted by atomic mass is 10.1. The summed E-state index contributed by atoms with van der Waals surface area (Å²) in [5.41, 5.74) is 5.68. The molecule has 0 spiro atoms. The molecule has 4 nitrogen and oxygen atoms in total. The van der Waals surface area contributed by atoms with Gasteiger partial charge >= 0.3 is 5.97 Å². The fourth-order valence-corrected chi connectivity index (χ4v) is 2.49. The largest absolute Gasteiger partial charge is 0.481 e. The molecule has 0 bridgehead atoms. The van der Waals surface area contributed by atoms with E-state index in [1.54, 1.807) is 30.8 Å². The van der Waals surface area contributed by atoms with Crippen molar-refractivity contribution in [2.24, 2.45) is 11.7 Å². The van der Waals surface area contributed by atoms with Crippen molar-refractivity contribution < 1.29 is 14.7 Å². The number of aliphatic carboxylic acids is 1. The van der Waals surface area contributed by atoms with Crippen molar-refractivity contribution in [3.8, 4) is 0 Å². The number of carboxylic acids is 1. The number of nitrogens with two attached hydrogens (primary N) is 1. The van der Waals surface area contributed by atoms with E-state index in [9.17, 15) is 9.59 Å². The summed E-state index contributed by atoms with van der Waals surface area (Å²) in [7, 11) is 0. The van der Waals surface area contributed by atoms with E-state index in [2.05, 4.69) is 0 Å². The highest BCUT2D eigenvalue weighted by Gasteiger charge is 2.09. The van der Waals surface area contributed by atoms with Crippen LogP contribution in [0.1, 0.15) is 36.5 Å². The summed E-state index contributed by atoms with van der Waals surface area (Å²) in [5, 5.41) is 8.74. The number of carbonyl (C=O) groups excluding carboxylic acids is 1. The third-order valence-corrected chi connectivity index (χ3v) is 3.96. The van der Waals surface area contributed by atoms with E-state index in [4.69, 9.17) is 10.8 Å². The van der Waals surface area contributed by atoms with Crippen LogP contribution in [0.4, 0.5) is 0 Å². The summed E-state index contributed by atoms with van der Waals surface area (Å²) in [6, 6.07) is 7.20. The maximum absolute atomic E-state index is 10.9. The number of carboxylic acid groups (broad SMARTS) is 1. The smallest absolute Gasteiger partial charge is 0.306 e. The summed E-state index contributed by atoms with van der Waals surface area (Å²) in [4.78, 5) is 22.6. The molecule has 1 aromatic rings. The fraction of sp³-hybridized carbons (Fsp3) is 0.429. The number of primary amides is 1. The van der Waals surface area contributed by atoms with Gasteiger partial charge in [0.25, 0.3) is 0 Å². The van der Waals surface area contributed by atoms with Gasteiger partial charge in [-0.3, -0.25) is 9.59 Å². The van der Waals surface area contributed by atoms with Gasteiger partial charge in [0.2, 0.25) is 5.91 Å². The van der Waals surface area contributed by atoms with Gasteiger partial charge in [-0.05, 0) is 42.9 Å². The summed E-state index contributed by atoms with van der Waals surface area (Å²) in [6.45, 7) is 1.73. The molecule has 0 saturated carbocycles. The Balaban J connectivity index is 2.22. The highest BCUT2D eigenvalue weighted by Crippen LogP contribution is 2.20. The predicted octanol–water partition coefficient (Wildman–Crippen LogP) is 2.77. The molecule has 1 unspecified atom stereocenters. The number of amides is 1. The predicted molar refractivity (Wildman–Crippen MR) is 76.3 cm³/mol. The Kier molecular flexibility index (Phi) is 6.42. The quantitative estimate of drug-likeness (QED) is 0.567. The van der Waals surface area contributed by atoms with Crippen LogP contribution in [0.3, 0.4) is 0 Å². The number of hydrogen-bond acceptors (Lipinski definition) is 3. The van der Waals surface area contributed by atoms with Crippen LogP contribution < -0.4 is 5.73 Å². The zero-order valence-corrected chi connectivity index (χ0v) is 11.8. The maximum atomic E-state index is 10.9. The minimum Gasteiger partial charge on any atom is -0.481 e. The molecule has 0 fully saturated rings. The van der Waals surface area contributed by atoms with Gasteiger partial charge < -0.3 is 10.8 Å². The first-order valence-corrected chi connectivity index (χ1v) is 7.24. The van der Waals surface area contributed by atoms with Crippen LogP contribution in [-0.4, -0.2) is 22.7 Å². The van der Waals surface area contributed by atoms with Crippen molar-refractivity contribution in [1.82, 2.24) is 0 Å². The third kappa shape index (κ3) is 5.79. The molecule has 1 amide bonds. The number of benzene rings is 1. The molecule has 104 valence electrons. The molecular weight excluding hydrogens is 262 g/mol. The third-order valence-electron chi connectivity index (χ3n) is 2.86. The van der Waals surface area contributed by atoms with Gasteiger partial charge in [-0.2, -0.15) is 0 Å². The van der Waals surface area contributed by atoms with E-state index in [1.807, 2.05) is 12.1 Å². The highest BCUT2D eigenvalue weighted by molar-refractivity contribution is 7.99. The molecule has 0 heterocycles. The summed E-state index contributed by atoms with van der Waals surface area (Å²) >= 11 is 1.70. The summed E-state index contributed by atoms with van der Waals surface area (Å²) in [5.74, 6) is -0.462. The number of rotatable bonds is 8. The Morgan fingerprint density at radius 2 is 1.89 bits per heavy atom. The molecule has 5 heteroatoms. The molecule has 1 rings (SSSR count). The van der Waals surface area contributed by atoms with Gasteiger partial charge in [0.15, 0.2) is 0 Å². The van der Waals surface area contributed by atoms with Gasteiger partial charge in [-0.1, -0.05) is 13.3 Å². The van der Waals surface area contributed by atoms with E-state index in [1.165, 1.54) is 0 Å². The van der Waals surface area contributed by atoms with Crippen molar-refractivity contribution in [3.63, 3.8) is 0 Å². The molecule has 19 heavy (non-hydrogen) atoms. The SMILES string of the molecule is CC(CCCCSc1ccc(C(N)=O)cc1)C(=O)O. The van der Waals surface area contributed by atoms with E-state index >= 15 is 0 Å². The van der Waals surface area contributed by atoms with Crippen molar-refractivity contribution in [1.29, 1.82) is 0 Å². The molecule has 0 saturated heterocycles. The van der Waals surface area contributed by atoms with E-state index in [-0.39, 0.29) is 5.92 Å².